The van der Waals surface area contributed by atoms with Crippen LogP contribution < -0.4 is 0 Å². The predicted octanol–water partition coefficient (Wildman–Crippen LogP) is 4.64. The highest BCUT2D eigenvalue weighted by atomic mass is 35.5. The SMILES string of the molecule is CCOC(=O)c1c(C)nc(C)c(C(=O)OC)c1-c1ccc(Cl)c(Cl)c1. The summed E-state index contributed by atoms with van der Waals surface area (Å²) in [6.45, 7) is 5.26. The van der Waals surface area contributed by atoms with Gasteiger partial charge in [0.15, 0.2) is 0 Å². The van der Waals surface area contributed by atoms with Gasteiger partial charge in [0.05, 0.1) is 46.3 Å². The number of ether oxygens (including phenoxy) is 2. The molecule has 0 aliphatic heterocycles. The quantitative estimate of drug-likeness (QED) is 0.721. The third-order valence-electron chi connectivity index (χ3n) is 3.64. The van der Waals surface area contributed by atoms with Crippen LogP contribution in [0, 0.1) is 13.8 Å². The van der Waals surface area contributed by atoms with Crippen LogP contribution in [-0.4, -0.2) is 30.6 Å². The summed E-state index contributed by atoms with van der Waals surface area (Å²) in [4.78, 5) is 29.2. The van der Waals surface area contributed by atoms with Crippen LogP contribution in [0.5, 0.6) is 0 Å². The smallest absolute Gasteiger partial charge is 0.340 e. The van der Waals surface area contributed by atoms with Crippen LogP contribution in [0.25, 0.3) is 11.1 Å². The van der Waals surface area contributed by atoms with E-state index in [1.165, 1.54) is 7.11 Å². The Bertz CT molecular complexity index is 849. The number of hydrogen-bond donors (Lipinski definition) is 0. The van der Waals surface area contributed by atoms with Gasteiger partial charge in [-0.2, -0.15) is 0 Å². The number of hydrogen-bond acceptors (Lipinski definition) is 5. The lowest BCUT2D eigenvalue weighted by atomic mass is 9.92. The lowest BCUT2D eigenvalue weighted by Gasteiger charge is -2.17. The average Bonchev–Trinajstić information content (AvgIpc) is 2.56. The number of benzene rings is 1. The first kappa shape index (κ1) is 19.2. The van der Waals surface area contributed by atoms with Gasteiger partial charge in [-0.3, -0.25) is 4.98 Å². The van der Waals surface area contributed by atoms with Crippen molar-refractivity contribution in [1.29, 1.82) is 0 Å². The lowest BCUT2D eigenvalue weighted by Crippen LogP contribution is -2.16. The molecule has 0 amide bonds. The first-order chi connectivity index (χ1) is 11.8. The van der Waals surface area contributed by atoms with Crippen molar-refractivity contribution >= 4 is 35.1 Å². The van der Waals surface area contributed by atoms with E-state index in [1.807, 2.05) is 0 Å². The zero-order valence-electron chi connectivity index (χ0n) is 14.3. The van der Waals surface area contributed by atoms with Gasteiger partial charge in [0.25, 0.3) is 0 Å². The van der Waals surface area contributed by atoms with E-state index in [9.17, 15) is 9.59 Å². The predicted molar refractivity (Wildman–Crippen MR) is 96.5 cm³/mol. The zero-order chi connectivity index (χ0) is 18.7. The molecule has 0 radical (unpaired) electrons. The van der Waals surface area contributed by atoms with E-state index >= 15 is 0 Å². The summed E-state index contributed by atoms with van der Waals surface area (Å²) in [5.41, 5.74) is 2.20. The number of aromatic nitrogens is 1. The van der Waals surface area contributed by atoms with Crippen molar-refractivity contribution in [2.45, 2.75) is 20.8 Å². The van der Waals surface area contributed by atoms with Gasteiger partial charge >= 0.3 is 11.9 Å². The molecular formula is C18H17Cl2NO4. The molecule has 0 aliphatic rings. The Morgan fingerprint density at radius 1 is 1.04 bits per heavy atom. The topological polar surface area (TPSA) is 65.5 Å². The Labute approximate surface area is 155 Å². The van der Waals surface area contributed by atoms with E-state index in [1.54, 1.807) is 39.0 Å². The molecule has 0 aliphatic carbocycles. The Morgan fingerprint density at radius 2 is 1.64 bits per heavy atom. The summed E-state index contributed by atoms with van der Waals surface area (Å²) >= 11 is 12.1. The molecule has 25 heavy (non-hydrogen) atoms. The first-order valence-corrected chi connectivity index (χ1v) is 8.29. The highest BCUT2D eigenvalue weighted by Crippen LogP contribution is 2.35. The van der Waals surface area contributed by atoms with Gasteiger partial charge in [-0.15, -0.1) is 0 Å². The van der Waals surface area contributed by atoms with E-state index in [2.05, 4.69) is 4.98 Å². The second-order valence-electron chi connectivity index (χ2n) is 5.25. The first-order valence-electron chi connectivity index (χ1n) is 7.53. The number of halogens is 2. The second-order valence-corrected chi connectivity index (χ2v) is 6.06. The van der Waals surface area contributed by atoms with E-state index in [0.29, 0.717) is 32.6 Å². The van der Waals surface area contributed by atoms with Gasteiger partial charge in [-0.05, 0) is 38.5 Å². The fraction of sp³-hybridized carbons (Fsp3) is 0.278. The highest BCUT2D eigenvalue weighted by Gasteiger charge is 2.27. The largest absolute Gasteiger partial charge is 0.465 e. The highest BCUT2D eigenvalue weighted by molar-refractivity contribution is 6.42. The molecule has 2 aromatic rings. The fourth-order valence-electron chi connectivity index (χ4n) is 2.60. The van der Waals surface area contributed by atoms with E-state index in [-0.39, 0.29) is 17.7 Å². The Kier molecular flexibility index (Phi) is 6.03. The monoisotopic (exact) mass is 381 g/mol. The molecule has 0 spiro atoms. The van der Waals surface area contributed by atoms with Crippen LogP contribution in [0.15, 0.2) is 18.2 Å². The van der Waals surface area contributed by atoms with Gasteiger partial charge in [-0.25, -0.2) is 9.59 Å². The third-order valence-corrected chi connectivity index (χ3v) is 4.38. The lowest BCUT2D eigenvalue weighted by molar-refractivity contribution is 0.0526. The Hall–Kier alpha value is -2.11. The molecule has 0 fully saturated rings. The minimum atomic E-state index is -0.600. The molecule has 132 valence electrons. The van der Waals surface area contributed by atoms with Crippen molar-refractivity contribution in [3.05, 3.63) is 50.8 Å². The van der Waals surface area contributed by atoms with E-state index in [4.69, 9.17) is 32.7 Å². The molecule has 0 N–H and O–H groups in total. The molecule has 0 bridgehead atoms. The van der Waals surface area contributed by atoms with E-state index in [0.717, 1.165) is 0 Å². The maximum atomic E-state index is 12.5. The van der Waals surface area contributed by atoms with Gasteiger partial charge < -0.3 is 9.47 Å². The van der Waals surface area contributed by atoms with Crippen LogP contribution in [0.1, 0.15) is 39.0 Å². The van der Waals surface area contributed by atoms with Gasteiger partial charge in [-0.1, -0.05) is 29.3 Å². The average molecular weight is 382 g/mol. The van der Waals surface area contributed by atoms with Crippen LogP contribution in [0.3, 0.4) is 0 Å². The number of carbonyl (C=O) groups is 2. The number of esters is 2. The Balaban J connectivity index is 2.90. The van der Waals surface area contributed by atoms with Crippen LogP contribution in [0.4, 0.5) is 0 Å². The molecular weight excluding hydrogens is 365 g/mol. The number of aryl methyl sites for hydroxylation is 2. The van der Waals surface area contributed by atoms with Crippen molar-refractivity contribution in [2.24, 2.45) is 0 Å². The molecule has 0 saturated heterocycles. The molecule has 0 unspecified atom stereocenters. The number of nitrogens with zero attached hydrogens (tertiary/aromatic N) is 1. The minimum Gasteiger partial charge on any atom is -0.465 e. The number of methoxy groups -OCH3 is 1. The number of carbonyl (C=O) groups excluding carboxylic acids is 2. The molecule has 0 saturated carbocycles. The molecule has 5 nitrogen and oxygen atoms in total. The van der Waals surface area contributed by atoms with Gasteiger partial charge in [0.2, 0.25) is 0 Å². The summed E-state index contributed by atoms with van der Waals surface area (Å²) in [6.07, 6.45) is 0. The summed E-state index contributed by atoms with van der Waals surface area (Å²) in [6, 6.07) is 4.87. The molecule has 1 heterocycles. The molecule has 1 aromatic heterocycles. The van der Waals surface area contributed by atoms with Crippen molar-refractivity contribution in [3.63, 3.8) is 0 Å². The van der Waals surface area contributed by atoms with Crippen LogP contribution in [-0.2, 0) is 9.47 Å². The van der Waals surface area contributed by atoms with Crippen molar-refractivity contribution in [2.75, 3.05) is 13.7 Å². The van der Waals surface area contributed by atoms with Gasteiger partial charge in [0, 0.05) is 5.56 Å². The van der Waals surface area contributed by atoms with Crippen molar-refractivity contribution in [1.82, 2.24) is 4.98 Å². The molecule has 7 heteroatoms. The normalized spacial score (nSPS) is 10.5. The summed E-state index contributed by atoms with van der Waals surface area (Å²) in [7, 11) is 1.27. The Morgan fingerprint density at radius 3 is 2.16 bits per heavy atom. The molecule has 0 atom stereocenters. The van der Waals surface area contributed by atoms with Crippen molar-refractivity contribution < 1.29 is 19.1 Å². The maximum absolute atomic E-state index is 12.5. The molecule has 2 rings (SSSR count). The standard InChI is InChI=1S/C18H17Cl2NO4/c1-5-25-18(23)15-10(3)21-9(2)14(17(22)24-4)16(15)11-6-7-12(19)13(20)8-11/h6-8H,5H2,1-4H3. The maximum Gasteiger partial charge on any atom is 0.340 e. The van der Waals surface area contributed by atoms with Gasteiger partial charge in [0.1, 0.15) is 0 Å². The van der Waals surface area contributed by atoms with Crippen LogP contribution >= 0.6 is 23.2 Å². The minimum absolute atomic E-state index is 0.189. The number of rotatable bonds is 4. The zero-order valence-corrected chi connectivity index (χ0v) is 15.8. The summed E-state index contributed by atoms with van der Waals surface area (Å²) < 4.78 is 10.0. The second kappa shape index (κ2) is 7.85. The third kappa shape index (κ3) is 3.78. The number of pyridine rings is 1. The van der Waals surface area contributed by atoms with E-state index < -0.39 is 11.9 Å². The van der Waals surface area contributed by atoms with Crippen LogP contribution in [0.2, 0.25) is 10.0 Å². The van der Waals surface area contributed by atoms with Crippen molar-refractivity contribution in [3.8, 4) is 11.1 Å². The fourth-order valence-corrected chi connectivity index (χ4v) is 2.89. The summed E-state index contributed by atoms with van der Waals surface area (Å²) in [5, 5.41) is 0.669. The molecule has 1 aromatic carbocycles. The summed E-state index contributed by atoms with van der Waals surface area (Å²) in [5.74, 6) is -1.17.